The zero-order valence-electron chi connectivity index (χ0n) is 15.3. The van der Waals surface area contributed by atoms with Crippen LogP contribution in [0.1, 0.15) is 20.1 Å². The Hall–Kier alpha value is -2.90. The first-order chi connectivity index (χ1) is 13.6. The SMILES string of the molecule is COc1ccc(C(=O)COC(=O)/C(=C/c2cccs2)c2cccs2)c(OC)c1. The molecule has 0 aliphatic heterocycles. The summed E-state index contributed by atoms with van der Waals surface area (Å²) in [4.78, 5) is 26.9. The smallest absolute Gasteiger partial charge is 0.340 e. The van der Waals surface area contributed by atoms with E-state index in [1.807, 2.05) is 35.0 Å². The summed E-state index contributed by atoms with van der Waals surface area (Å²) in [5, 5.41) is 3.82. The highest BCUT2D eigenvalue weighted by Gasteiger charge is 2.19. The van der Waals surface area contributed by atoms with E-state index in [-0.39, 0.29) is 12.4 Å². The van der Waals surface area contributed by atoms with Crippen molar-refractivity contribution in [3.63, 3.8) is 0 Å². The first-order valence-corrected chi connectivity index (χ1v) is 10.1. The molecule has 144 valence electrons. The summed E-state index contributed by atoms with van der Waals surface area (Å²) < 4.78 is 15.7. The van der Waals surface area contributed by atoms with E-state index in [2.05, 4.69) is 0 Å². The van der Waals surface area contributed by atoms with E-state index >= 15 is 0 Å². The Morgan fingerprint density at radius 2 is 1.79 bits per heavy atom. The topological polar surface area (TPSA) is 61.8 Å². The highest BCUT2D eigenvalue weighted by atomic mass is 32.1. The summed E-state index contributed by atoms with van der Waals surface area (Å²) in [7, 11) is 3.00. The highest BCUT2D eigenvalue weighted by molar-refractivity contribution is 7.12. The number of rotatable bonds is 8. The van der Waals surface area contributed by atoms with Crippen molar-refractivity contribution in [2.75, 3.05) is 20.8 Å². The molecular weight excluding hydrogens is 396 g/mol. The molecule has 5 nitrogen and oxygen atoms in total. The third-order valence-corrected chi connectivity index (χ3v) is 5.60. The molecule has 0 spiro atoms. The largest absolute Gasteiger partial charge is 0.497 e. The van der Waals surface area contributed by atoms with Crippen LogP contribution in [0, 0.1) is 0 Å². The second-order valence-electron chi connectivity index (χ2n) is 5.62. The van der Waals surface area contributed by atoms with Gasteiger partial charge in [0.2, 0.25) is 5.78 Å². The summed E-state index contributed by atoms with van der Waals surface area (Å²) in [6, 6.07) is 12.4. The lowest BCUT2D eigenvalue weighted by Gasteiger charge is -2.10. The number of hydrogen-bond acceptors (Lipinski definition) is 7. The Bertz CT molecular complexity index is 972. The summed E-state index contributed by atoms with van der Waals surface area (Å²) in [6.45, 7) is -0.380. The molecule has 3 rings (SSSR count). The minimum Gasteiger partial charge on any atom is -0.497 e. The maximum Gasteiger partial charge on any atom is 0.340 e. The van der Waals surface area contributed by atoms with Gasteiger partial charge in [-0.15, -0.1) is 22.7 Å². The lowest BCUT2D eigenvalue weighted by molar-refractivity contribution is -0.135. The van der Waals surface area contributed by atoms with Crippen molar-refractivity contribution in [1.82, 2.24) is 0 Å². The fourth-order valence-corrected chi connectivity index (χ4v) is 3.88. The molecule has 7 heteroatoms. The van der Waals surface area contributed by atoms with Crippen LogP contribution in [0.5, 0.6) is 11.5 Å². The van der Waals surface area contributed by atoms with E-state index in [1.165, 1.54) is 36.9 Å². The zero-order valence-corrected chi connectivity index (χ0v) is 17.0. The van der Waals surface area contributed by atoms with E-state index in [4.69, 9.17) is 14.2 Å². The Morgan fingerprint density at radius 3 is 2.43 bits per heavy atom. The summed E-state index contributed by atoms with van der Waals surface area (Å²) in [5.41, 5.74) is 0.753. The molecule has 0 saturated heterocycles. The lowest BCUT2D eigenvalue weighted by Crippen LogP contribution is -2.15. The fraction of sp³-hybridized carbons (Fsp3) is 0.143. The van der Waals surface area contributed by atoms with Gasteiger partial charge in [-0.25, -0.2) is 4.79 Å². The normalized spacial score (nSPS) is 11.1. The van der Waals surface area contributed by atoms with Crippen LogP contribution in [-0.2, 0) is 9.53 Å². The van der Waals surface area contributed by atoms with Gasteiger partial charge < -0.3 is 14.2 Å². The summed E-state index contributed by atoms with van der Waals surface area (Å²) in [6.07, 6.45) is 1.78. The molecule has 0 saturated carbocycles. The average molecular weight is 415 g/mol. The lowest BCUT2D eigenvalue weighted by atomic mass is 10.1. The third-order valence-electron chi connectivity index (χ3n) is 3.88. The minimum absolute atomic E-state index is 0.330. The maximum absolute atomic E-state index is 12.7. The third kappa shape index (κ3) is 4.68. The van der Waals surface area contributed by atoms with Gasteiger partial charge >= 0.3 is 5.97 Å². The van der Waals surface area contributed by atoms with Gasteiger partial charge in [0.05, 0.1) is 25.4 Å². The van der Waals surface area contributed by atoms with Gasteiger partial charge in [-0.2, -0.15) is 0 Å². The van der Waals surface area contributed by atoms with Crippen LogP contribution in [0.4, 0.5) is 0 Å². The molecular formula is C21H18O5S2. The molecule has 0 unspecified atom stereocenters. The molecule has 0 bridgehead atoms. The Kier molecular flexibility index (Phi) is 6.62. The summed E-state index contributed by atoms with van der Waals surface area (Å²) in [5.74, 6) is 0.0449. The number of carbonyl (C=O) groups excluding carboxylic acids is 2. The van der Waals surface area contributed by atoms with Crippen molar-refractivity contribution < 1.29 is 23.8 Å². The first kappa shape index (κ1) is 19.9. The van der Waals surface area contributed by atoms with Crippen LogP contribution in [-0.4, -0.2) is 32.6 Å². The van der Waals surface area contributed by atoms with Crippen LogP contribution < -0.4 is 9.47 Å². The predicted molar refractivity (Wildman–Crippen MR) is 111 cm³/mol. The quantitative estimate of drug-likeness (QED) is 0.301. The molecule has 2 aromatic heterocycles. The molecule has 0 N–H and O–H groups in total. The molecule has 0 atom stereocenters. The van der Waals surface area contributed by atoms with Crippen molar-refractivity contribution in [3.05, 3.63) is 68.5 Å². The molecule has 0 aliphatic carbocycles. The monoisotopic (exact) mass is 414 g/mol. The van der Waals surface area contributed by atoms with Gasteiger partial charge in [-0.3, -0.25) is 4.79 Å². The number of carbonyl (C=O) groups is 2. The Balaban J connectivity index is 1.75. The maximum atomic E-state index is 12.7. The molecule has 0 fully saturated rings. The molecule has 0 aliphatic rings. The van der Waals surface area contributed by atoms with Crippen LogP contribution in [0.25, 0.3) is 11.6 Å². The number of ether oxygens (including phenoxy) is 3. The fourth-order valence-electron chi connectivity index (χ4n) is 2.49. The van der Waals surface area contributed by atoms with Crippen molar-refractivity contribution in [3.8, 4) is 11.5 Å². The van der Waals surface area contributed by atoms with Gasteiger partial charge in [-0.1, -0.05) is 12.1 Å². The van der Waals surface area contributed by atoms with Gasteiger partial charge in [0, 0.05) is 15.8 Å². The number of benzene rings is 1. The second kappa shape index (κ2) is 9.34. The number of ketones is 1. The van der Waals surface area contributed by atoms with Crippen molar-refractivity contribution in [1.29, 1.82) is 0 Å². The van der Waals surface area contributed by atoms with Crippen molar-refractivity contribution in [2.45, 2.75) is 0 Å². The van der Waals surface area contributed by atoms with Crippen LogP contribution >= 0.6 is 22.7 Å². The van der Waals surface area contributed by atoms with E-state index < -0.39 is 5.97 Å². The molecule has 0 amide bonds. The Labute approximate surface area is 170 Å². The number of methoxy groups -OCH3 is 2. The second-order valence-corrected chi connectivity index (χ2v) is 7.54. The standard InChI is InChI=1S/C21H18O5S2/c1-24-14-7-8-16(19(11-14)25-2)18(22)13-26-21(23)17(20-6-4-10-28-20)12-15-5-3-9-27-15/h3-12H,13H2,1-2H3/b17-12+. The predicted octanol–water partition coefficient (Wildman–Crippen LogP) is 4.79. The molecule has 3 aromatic rings. The summed E-state index contributed by atoms with van der Waals surface area (Å²) >= 11 is 2.96. The molecule has 0 radical (unpaired) electrons. The number of thiophene rings is 2. The van der Waals surface area contributed by atoms with Crippen LogP contribution in [0.15, 0.2) is 53.2 Å². The molecule has 28 heavy (non-hydrogen) atoms. The number of esters is 1. The van der Waals surface area contributed by atoms with Crippen LogP contribution in [0.2, 0.25) is 0 Å². The number of Topliss-reactive ketones (excluding diaryl/α,β-unsaturated/α-hetero) is 1. The molecule has 2 heterocycles. The minimum atomic E-state index is -0.545. The van der Waals surface area contributed by atoms with Gasteiger partial charge in [-0.05, 0) is 41.1 Å². The van der Waals surface area contributed by atoms with E-state index in [0.29, 0.717) is 22.6 Å². The van der Waals surface area contributed by atoms with E-state index in [1.54, 1.807) is 24.3 Å². The van der Waals surface area contributed by atoms with E-state index in [9.17, 15) is 9.59 Å². The van der Waals surface area contributed by atoms with Crippen LogP contribution in [0.3, 0.4) is 0 Å². The average Bonchev–Trinajstić information content (AvgIpc) is 3.43. The van der Waals surface area contributed by atoms with Gasteiger partial charge in [0.15, 0.2) is 6.61 Å². The van der Waals surface area contributed by atoms with Crippen molar-refractivity contribution >= 4 is 46.1 Å². The van der Waals surface area contributed by atoms with Gasteiger partial charge in [0.25, 0.3) is 0 Å². The van der Waals surface area contributed by atoms with E-state index in [0.717, 1.165) is 9.75 Å². The van der Waals surface area contributed by atoms with Crippen molar-refractivity contribution in [2.24, 2.45) is 0 Å². The Morgan fingerprint density at radius 1 is 1.00 bits per heavy atom. The number of hydrogen-bond donors (Lipinski definition) is 0. The first-order valence-electron chi connectivity index (χ1n) is 8.34. The zero-order chi connectivity index (χ0) is 19.9. The molecule has 1 aromatic carbocycles. The van der Waals surface area contributed by atoms with Gasteiger partial charge in [0.1, 0.15) is 11.5 Å². The highest BCUT2D eigenvalue weighted by Crippen LogP contribution is 2.27.